The maximum atomic E-state index is 9.79. The fourth-order valence-corrected chi connectivity index (χ4v) is 2.96. The number of aromatic hydroxyl groups is 1. The first kappa shape index (κ1) is 18.7. The van der Waals surface area contributed by atoms with Crippen LogP contribution in [0, 0.1) is 11.8 Å². The Labute approximate surface area is 134 Å². The molecule has 0 fully saturated rings. The summed E-state index contributed by atoms with van der Waals surface area (Å²) in [5.41, 5.74) is 0.909. The van der Waals surface area contributed by atoms with Crippen LogP contribution in [0.5, 0.6) is 11.5 Å². The third-order valence-corrected chi connectivity index (χ3v) is 4.67. The van der Waals surface area contributed by atoms with Crippen LogP contribution in [-0.4, -0.2) is 11.7 Å². The Morgan fingerprint density at radius 2 is 1.86 bits per heavy atom. The third kappa shape index (κ3) is 6.98. The maximum absolute atomic E-state index is 9.79. The highest BCUT2D eigenvalue weighted by Gasteiger charge is 2.08. The summed E-state index contributed by atoms with van der Waals surface area (Å²) in [7, 11) is 5.26. The van der Waals surface area contributed by atoms with Crippen molar-refractivity contribution < 1.29 is 9.84 Å². The minimum atomic E-state index is 0.337. The molecule has 4 heteroatoms. The lowest BCUT2D eigenvalue weighted by Crippen LogP contribution is -2.09. The van der Waals surface area contributed by atoms with Crippen LogP contribution in [0.25, 0.3) is 0 Å². The molecule has 1 aromatic carbocycles. The highest BCUT2D eigenvalue weighted by Crippen LogP contribution is 2.25. The van der Waals surface area contributed by atoms with Gasteiger partial charge < -0.3 is 9.84 Å². The van der Waals surface area contributed by atoms with E-state index in [0.29, 0.717) is 11.7 Å². The van der Waals surface area contributed by atoms with Crippen molar-refractivity contribution in [3.05, 3.63) is 17.7 Å². The second-order valence-corrected chi connectivity index (χ2v) is 7.32. The van der Waals surface area contributed by atoms with Crippen molar-refractivity contribution in [2.24, 2.45) is 11.8 Å². The van der Waals surface area contributed by atoms with E-state index in [9.17, 15) is 5.11 Å². The van der Waals surface area contributed by atoms with Gasteiger partial charge in [0.1, 0.15) is 11.5 Å². The first-order chi connectivity index (χ1) is 9.93. The van der Waals surface area contributed by atoms with Gasteiger partial charge in [-0.15, -0.1) is 18.5 Å². The Hall–Kier alpha value is -0.320. The molecule has 0 amide bonds. The van der Waals surface area contributed by atoms with E-state index < -0.39 is 0 Å². The van der Waals surface area contributed by atoms with E-state index in [1.54, 1.807) is 6.07 Å². The molecule has 2 nitrogen and oxygen atoms in total. The van der Waals surface area contributed by atoms with Crippen molar-refractivity contribution >= 4 is 23.8 Å². The lowest BCUT2D eigenvalue weighted by molar-refractivity contribution is 0.277. The van der Waals surface area contributed by atoms with E-state index in [1.165, 1.54) is 19.3 Å². The molecule has 0 saturated carbocycles. The predicted octanol–water partition coefficient (Wildman–Crippen LogP) is 4.50. The smallest absolute Gasteiger partial charge is 0.126 e. The van der Waals surface area contributed by atoms with Gasteiger partial charge in [-0.25, -0.2) is 0 Å². The number of hydrogen-bond acceptors (Lipinski definition) is 2. The second-order valence-electron chi connectivity index (χ2n) is 6.29. The average Bonchev–Trinajstić information content (AvgIpc) is 2.40. The van der Waals surface area contributed by atoms with Crippen LogP contribution in [0.3, 0.4) is 0 Å². The zero-order chi connectivity index (χ0) is 15.8. The highest BCUT2D eigenvalue weighted by atomic mass is 31.0. The molecule has 0 radical (unpaired) electrons. The Kier molecular flexibility index (Phi) is 8.60. The largest absolute Gasteiger partial charge is 0.508 e. The van der Waals surface area contributed by atoms with E-state index in [-0.39, 0.29) is 0 Å². The van der Waals surface area contributed by atoms with E-state index in [4.69, 9.17) is 4.74 Å². The van der Waals surface area contributed by atoms with Crippen LogP contribution in [0.4, 0.5) is 0 Å². The number of ether oxygens (including phenoxy) is 1. The summed E-state index contributed by atoms with van der Waals surface area (Å²) in [6.45, 7) is 7.60. The molecule has 1 rings (SSSR count). The van der Waals surface area contributed by atoms with E-state index in [1.807, 2.05) is 6.07 Å². The van der Waals surface area contributed by atoms with Gasteiger partial charge in [-0.1, -0.05) is 40.0 Å². The first-order valence-corrected chi connectivity index (χ1v) is 9.27. The lowest BCUT2D eigenvalue weighted by Gasteiger charge is -2.15. The molecule has 0 aliphatic rings. The van der Waals surface area contributed by atoms with Gasteiger partial charge in [0, 0.05) is 10.9 Å². The summed E-state index contributed by atoms with van der Waals surface area (Å²) < 4.78 is 5.89. The highest BCUT2D eigenvalue weighted by molar-refractivity contribution is 7.27. The Morgan fingerprint density at radius 1 is 1.14 bits per heavy atom. The summed E-state index contributed by atoms with van der Waals surface area (Å²) in [5.74, 6) is 2.71. The topological polar surface area (TPSA) is 29.5 Å². The van der Waals surface area contributed by atoms with Gasteiger partial charge in [0.15, 0.2) is 0 Å². The Balaban J connectivity index is 2.38. The molecule has 21 heavy (non-hydrogen) atoms. The molecule has 1 N–H and O–H groups in total. The summed E-state index contributed by atoms with van der Waals surface area (Å²) in [6, 6.07) is 3.69. The molecular weight excluding hydrogens is 298 g/mol. The summed E-state index contributed by atoms with van der Waals surface area (Å²) >= 11 is 0. The number of phenolic OH excluding ortho intramolecular Hbond substituents is 1. The van der Waals surface area contributed by atoms with Crippen molar-refractivity contribution in [1.29, 1.82) is 0 Å². The van der Waals surface area contributed by atoms with Crippen LogP contribution < -0.4 is 10.0 Å². The van der Waals surface area contributed by atoms with Crippen LogP contribution in [0.2, 0.25) is 0 Å². The molecule has 0 aliphatic carbocycles. The van der Waals surface area contributed by atoms with Gasteiger partial charge in [-0.05, 0) is 36.6 Å². The van der Waals surface area contributed by atoms with Gasteiger partial charge in [0.05, 0.1) is 6.61 Å². The van der Waals surface area contributed by atoms with Crippen molar-refractivity contribution in [3.63, 3.8) is 0 Å². The molecule has 3 unspecified atom stereocenters. The van der Waals surface area contributed by atoms with Crippen LogP contribution in [-0.2, 0) is 6.16 Å². The standard InChI is InChI=1S/C17H30O2P2/c1-12(2)5-4-6-13(3)7-8-19-16-9-14(11-20)15(18)10-17(16)21/h9-10,12-13,18H,4-8,11,20-21H2,1-3H3. The molecule has 120 valence electrons. The third-order valence-electron chi connectivity index (χ3n) is 3.78. The van der Waals surface area contributed by atoms with Gasteiger partial charge in [0.2, 0.25) is 0 Å². The van der Waals surface area contributed by atoms with Gasteiger partial charge in [-0.3, -0.25) is 0 Å². The molecule has 0 saturated heterocycles. The summed E-state index contributed by atoms with van der Waals surface area (Å²) in [6.07, 6.45) is 5.72. The minimum absolute atomic E-state index is 0.337. The van der Waals surface area contributed by atoms with Crippen molar-refractivity contribution in [2.45, 2.75) is 52.6 Å². The second kappa shape index (κ2) is 9.65. The van der Waals surface area contributed by atoms with Crippen molar-refractivity contribution in [3.8, 4) is 11.5 Å². The molecule has 0 aliphatic heterocycles. The molecule has 0 aromatic heterocycles. The van der Waals surface area contributed by atoms with Gasteiger partial charge >= 0.3 is 0 Å². The lowest BCUT2D eigenvalue weighted by atomic mass is 9.98. The van der Waals surface area contributed by atoms with Gasteiger partial charge in [-0.2, -0.15) is 0 Å². The molecule has 0 spiro atoms. The molecule has 0 heterocycles. The molecular formula is C17H30O2P2. The van der Waals surface area contributed by atoms with Crippen molar-refractivity contribution in [1.82, 2.24) is 0 Å². The van der Waals surface area contributed by atoms with Gasteiger partial charge in [0.25, 0.3) is 0 Å². The SMILES string of the molecule is CC(C)CCCC(C)CCOc1cc(CP)c(O)cc1P. The maximum Gasteiger partial charge on any atom is 0.126 e. The fraction of sp³-hybridized carbons (Fsp3) is 0.647. The zero-order valence-corrected chi connectivity index (χ0v) is 15.9. The number of phenols is 1. The first-order valence-electron chi connectivity index (χ1n) is 7.88. The number of benzene rings is 1. The predicted molar refractivity (Wildman–Crippen MR) is 98.8 cm³/mol. The van der Waals surface area contributed by atoms with Crippen LogP contribution >= 0.6 is 18.5 Å². The van der Waals surface area contributed by atoms with E-state index in [2.05, 4.69) is 39.3 Å². The van der Waals surface area contributed by atoms with E-state index in [0.717, 1.165) is 41.7 Å². The average molecular weight is 328 g/mol. The fourth-order valence-electron chi connectivity index (χ4n) is 2.30. The van der Waals surface area contributed by atoms with Crippen LogP contribution in [0.1, 0.15) is 52.0 Å². The Morgan fingerprint density at radius 3 is 2.48 bits per heavy atom. The number of hydrogen-bond donors (Lipinski definition) is 1. The summed E-state index contributed by atoms with van der Waals surface area (Å²) in [5, 5.41) is 10.7. The van der Waals surface area contributed by atoms with Crippen molar-refractivity contribution in [2.75, 3.05) is 6.61 Å². The minimum Gasteiger partial charge on any atom is -0.508 e. The molecule has 1 aromatic rings. The summed E-state index contributed by atoms with van der Waals surface area (Å²) in [4.78, 5) is 0. The normalized spacial score (nSPS) is 12.7. The van der Waals surface area contributed by atoms with E-state index >= 15 is 0 Å². The number of rotatable bonds is 9. The zero-order valence-electron chi connectivity index (χ0n) is 13.6. The molecule has 3 atom stereocenters. The monoisotopic (exact) mass is 328 g/mol. The Bertz CT molecular complexity index is 433. The van der Waals surface area contributed by atoms with Crippen LogP contribution in [0.15, 0.2) is 12.1 Å². The molecule has 0 bridgehead atoms. The quantitative estimate of drug-likeness (QED) is 0.676.